The number of rotatable bonds is 6. The quantitative estimate of drug-likeness (QED) is 0.756. The van der Waals surface area contributed by atoms with Crippen molar-refractivity contribution in [3.05, 3.63) is 30.3 Å². The van der Waals surface area contributed by atoms with Crippen LogP contribution in [0.25, 0.3) is 0 Å². The standard InChI is InChI=1S/C19H24N2O6/c22-16(12-27-15-4-2-1-3-5-15)21-9-6-14(7-10-21)17(23)20-19(18(24)25)8-11-26-13-19/h1-5,14H,6-13H2,(H,20,23)(H,24,25). The second kappa shape index (κ2) is 8.39. The molecular formula is C19H24N2O6. The fraction of sp³-hybridized carbons (Fsp3) is 0.526. The van der Waals surface area contributed by atoms with Crippen molar-refractivity contribution in [2.24, 2.45) is 5.92 Å². The summed E-state index contributed by atoms with van der Waals surface area (Å²) in [4.78, 5) is 38.0. The second-order valence-corrected chi connectivity index (χ2v) is 6.94. The molecule has 2 fully saturated rings. The average molecular weight is 376 g/mol. The van der Waals surface area contributed by atoms with E-state index in [2.05, 4.69) is 5.32 Å². The van der Waals surface area contributed by atoms with E-state index in [1.807, 2.05) is 18.2 Å². The molecule has 1 aromatic rings. The van der Waals surface area contributed by atoms with Gasteiger partial charge in [0.25, 0.3) is 5.91 Å². The summed E-state index contributed by atoms with van der Waals surface area (Å²) in [6, 6.07) is 9.12. The minimum atomic E-state index is -1.33. The zero-order valence-electron chi connectivity index (χ0n) is 15.1. The predicted molar refractivity (Wildman–Crippen MR) is 95.2 cm³/mol. The van der Waals surface area contributed by atoms with Gasteiger partial charge < -0.3 is 24.8 Å². The van der Waals surface area contributed by atoms with Crippen molar-refractivity contribution in [2.75, 3.05) is 32.9 Å². The first kappa shape index (κ1) is 19.2. The number of benzene rings is 1. The molecular weight excluding hydrogens is 352 g/mol. The van der Waals surface area contributed by atoms with E-state index in [9.17, 15) is 19.5 Å². The maximum Gasteiger partial charge on any atom is 0.331 e. The topological polar surface area (TPSA) is 105 Å². The summed E-state index contributed by atoms with van der Waals surface area (Å²) >= 11 is 0. The van der Waals surface area contributed by atoms with Crippen LogP contribution in [0.4, 0.5) is 0 Å². The first-order chi connectivity index (χ1) is 13.0. The van der Waals surface area contributed by atoms with Gasteiger partial charge in [0.15, 0.2) is 12.1 Å². The van der Waals surface area contributed by atoms with Crippen LogP contribution in [0.3, 0.4) is 0 Å². The summed E-state index contributed by atoms with van der Waals surface area (Å²) in [5.41, 5.74) is -1.33. The van der Waals surface area contributed by atoms with Crippen LogP contribution in [0.1, 0.15) is 19.3 Å². The van der Waals surface area contributed by atoms with Gasteiger partial charge >= 0.3 is 5.97 Å². The zero-order valence-corrected chi connectivity index (χ0v) is 15.1. The van der Waals surface area contributed by atoms with Crippen molar-refractivity contribution < 1.29 is 29.0 Å². The molecule has 146 valence electrons. The van der Waals surface area contributed by atoms with E-state index >= 15 is 0 Å². The highest BCUT2D eigenvalue weighted by atomic mass is 16.5. The number of likely N-dealkylation sites (tertiary alicyclic amines) is 1. The Labute approximate surface area is 157 Å². The minimum Gasteiger partial charge on any atom is -0.484 e. The number of hydrogen-bond acceptors (Lipinski definition) is 5. The van der Waals surface area contributed by atoms with Crippen LogP contribution in [0.2, 0.25) is 0 Å². The lowest BCUT2D eigenvalue weighted by Gasteiger charge is -2.33. The molecule has 1 aromatic carbocycles. The largest absolute Gasteiger partial charge is 0.484 e. The van der Waals surface area contributed by atoms with Crippen LogP contribution in [-0.2, 0) is 19.1 Å². The molecule has 2 saturated heterocycles. The number of carboxylic acid groups (broad SMARTS) is 1. The first-order valence-corrected chi connectivity index (χ1v) is 9.09. The van der Waals surface area contributed by atoms with Gasteiger partial charge in [-0.15, -0.1) is 0 Å². The number of carboxylic acids is 1. The number of amides is 2. The molecule has 8 nitrogen and oxygen atoms in total. The summed E-state index contributed by atoms with van der Waals surface area (Å²) in [7, 11) is 0. The molecule has 0 aliphatic carbocycles. The van der Waals surface area contributed by atoms with Gasteiger partial charge in [-0.3, -0.25) is 9.59 Å². The molecule has 0 saturated carbocycles. The maximum atomic E-state index is 12.5. The normalized spacial score (nSPS) is 23.0. The first-order valence-electron chi connectivity index (χ1n) is 9.09. The highest BCUT2D eigenvalue weighted by molar-refractivity contribution is 5.88. The highest BCUT2D eigenvalue weighted by Gasteiger charge is 2.45. The predicted octanol–water partition coefficient (Wildman–Crippen LogP) is 0.664. The third-order valence-corrected chi connectivity index (χ3v) is 5.12. The van der Waals surface area contributed by atoms with Crippen LogP contribution in [-0.4, -0.2) is 66.2 Å². The number of carbonyl (C=O) groups is 3. The molecule has 2 heterocycles. The van der Waals surface area contributed by atoms with Crippen LogP contribution in [0.15, 0.2) is 30.3 Å². The van der Waals surface area contributed by atoms with Gasteiger partial charge in [0.2, 0.25) is 5.91 Å². The summed E-state index contributed by atoms with van der Waals surface area (Å²) in [5.74, 6) is -1.14. The van der Waals surface area contributed by atoms with E-state index in [0.717, 1.165) is 0 Å². The van der Waals surface area contributed by atoms with Crippen molar-refractivity contribution in [3.8, 4) is 5.75 Å². The number of piperidine rings is 1. The third-order valence-electron chi connectivity index (χ3n) is 5.12. The molecule has 1 unspecified atom stereocenters. The van der Waals surface area contributed by atoms with E-state index in [-0.39, 0.29) is 37.4 Å². The smallest absolute Gasteiger partial charge is 0.331 e. The lowest BCUT2D eigenvalue weighted by molar-refractivity contribution is -0.148. The Hall–Kier alpha value is -2.61. The van der Waals surface area contributed by atoms with Crippen LogP contribution in [0, 0.1) is 5.92 Å². The average Bonchev–Trinajstić information content (AvgIpc) is 3.17. The van der Waals surface area contributed by atoms with Gasteiger partial charge in [-0.1, -0.05) is 18.2 Å². The highest BCUT2D eigenvalue weighted by Crippen LogP contribution is 2.23. The van der Waals surface area contributed by atoms with Gasteiger partial charge in [0, 0.05) is 32.0 Å². The Morgan fingerprint density at radius 2 is 1.93 bits per heavy atom. The second-order valence-electron chi connectivity index (χ2n) is 6.94. The summed E-state index contributed by atoms with van der Waals surface area (Å²) in [5, 5.41) is 12.1. The zero-order chi connectivity index (χ0) is 19.3. The van der Waals surface area contributed by atoms with Gasteiger partial charge in [-0.2, -0.15) is 0 Å². The van der Waals surface area contributed by atoms with Crippen molar-refractivity contribution in [2.45, 2.75) is 24.8 Å². The number of carbonyl (C=O) groups excluding carboxylic acids is 2. The van der Waals surface area contributed by atoms with Crippen LogP contribution in [0.5, 0.6) is 5.75 Å². The SMILES string of the molecule is O=C(NC1(C(=O)O)CCOC1)C1CCN(C(=O)COc2ccccc2)CC1. The van der Waals surface area contributed by atoms with E-state index in [1.54, 1.807) is 17.0 Å². The van der Waals surface area contributed by atoms with E-state index in [0.29, 0.717) is 38.3 Å². The fourth-order valence-electron chi connectivity index (χ4n) is 3.37. The molecule has 3 rings (SSSR count). The molecule has 2 aliphatic rings. The van der Waals surface area contributed by atoms with E-state index in [1.165, 1.54) is 0 Å². The molecule has 0 radical (unpaired) electrons. The lowest BCUT2D eigenvalue weighted by atomic mass is 9.92. The van der Waals surface area contributed by atoms with Gasteiger partial charge in [-0.05, 0) is 25.0 Å². The lowest BCUT2D eigenvalue weighted by Crippen LogP contribution is -2.57. The van der Waals surface area contributed by atoms with Crippen molar-refractivity contribution >= 4 is 17.8 Å². The van der Waals surface area contributed by atoms with Crippen LogP contribution >= 0.6 is 0 Å². The van der Waals surface area contributed by atoms with Crippen LogP contribution < -0.4 is 10.1 Å². The summed E-state index contributed by atoms with van der Waals surface area (Å²) in [6.07, 6.45) is 1.27. The van der Waals surface area contributed by atoms with Gasteiger partial charge in [0.1, 0.15) is 5.75 Å². The Bertz CT molecular complexity index is 679. The molecule has 2 aliphatic heterocycles. The number of nitrogens with one attached hydrogen (secondary N) is 1. The number of hydrogen-bond donors (Lipinski definition) is 2. The van der Waals surface area contributed by atoms with Crippen molar-refractivity contribution in [3.63, 3.8) is 0 Å². The molecule has 0 spiro atoms. The monoisotopic (exact) mass is 376 g/mol. The Morgan fingerprint density at radius 1 is 1.22 bits per heavy atom. The number of aliphatic carboxylic acids is 1. The number of ether oxygens (including phenoxy) is 2. The number of para-hydroxylation sites is 1. The Balaban J connectivity index is 1.46. The van der Waals surface area contributed by atoms with Gasteiger partial charge in [0.05, 0.1) is 6.61 Å². The third kappa shape index (κ3) is 4.57. The molecule has 2 amide bonds. The molecule has 0 aromatic heterocycles. The Morgan fingerprint density at radius 3 is 2.52 bits per heavy atom. The molecule has 2 N–H and O–H groups in total. The number of nitrogens with zero attached hydrogens (tertiary/aromatic N) is 1. The maximum absolute atomic E-state index is 12.5. The molecule has 27 heavy (non-hydrogen) atoms. The van der Waals surface area contributed by atoms with E-state index < -0.39 is 11.5 Å². The summed E-state index contributed by atoms with van der Waals surface area (Å²) in [6.45, 7) is 1.17. The van der Waals surface area contributed by atoms with Crippen molar-refractivity contribution in [1.29, 1.82) is 0 Å². The molecule has 0 bridgehead atoms. The van der Waals surface area contributed by atoms with Gasteiger partial charge in [-0.25, -0.2) is 4.79 Å². The van der Waals surface area contributed by atoms with E-state index in [4.69, 9.17) is 9.47 Å². The van der Waals surface area contributed by atoms with Crippen molar-refractivity contribution in [1.82, 2.24) is 10.2 Å². The molecule has 8 heteroatoms. The minimum absolute atomic E-state index is 0.0117. The molecule has 1 atom stereocenters. The summed E-state index contributed by atoms with van der Waals surface area (Å²) < 4.78 is 10.6. The fourth-order valence-corrected chi connectivity index (χ4v) is 3.37. The Kier molecular flexibility index (Phi) is 5.95.